The zero-order valence-electron chi connectivity index (χ0n) is 10.5. The number of benzene rings is 1. The first kappa shape index (κ1) is 11.1. The lowest BCUT2D eigenvalue weighted by Gasteiger charge is -2.34. The molecule has 2 fully saturated rings. The van der Waals surface area contributed by atoms with Gasteiger partial charge in [0, 0.05) is 0 Å². The maximum absolute atomic E-state index is 6.16. The molecule has 0 spiro atoms. The van der Waals surface area contributed by atoms with Gasteiger partial charge in [-0.25, -0.2) is 0 Å². The molecular weight excluding hydrogens is 210 g/mol. The van der Waals surface area contributed by atoms with Gasteiger partial charge in [-0.2, -0.15) is 0 Å². The van der Waals surface area contributed by atoms with Crippen molar-refractivity contribution in [2.75, 3.05) is 13.1 Å². The number of nitrogens with one attached hydrogen (secondary N) is 1. The SMILES string of the molecule is CC1(Oc2ccc(C3CC3)cc2)CCNCC1. The van der Waals surface area contributed by atoms with Gasteiger partial charge < -0.3 is 10.1 Å². The Kier molecular flexibility index (Phi) is 2.83. The summed E-state index contributed by atoms with van der Waals surface area (Å²) in [4.78, 5) is 0. The topological polar surface area (TPSA) is 21.3 Å². The molecule has 17 heavy (non-hydrogen) atoms. The second-order valence-corrected chi connectivity index (χ2v) is 5.65. The maximum Gasteiger partial charge on any atom is 0.120 e. The lowest BCUT2D eigenvalue weighted by atomic mass is 9.94. The van der Waals surface area contributed by atoms with Crippen molar-refractivity contribution in [3.63, 3.8) is 0 Å². The molecule has 0 radical (unpaired) electrons. The van der Waals surface area contributed by atoms with Crippen LogP contribution in [0, 0.1) is 0 Å². The van der Waals surface area contributed by atoms with Crippen molar-refractivity contribution in [3.05, 3.63) is 29.8 Å². The zero-order chi connectivity index (χ0) is 11.7. The molecule has 0 aromatic heterocycles. The molecule has 0 unspecified atom stereocenters. The van der Waals surface area contributed by atoms with E-state index in [1.807, 2.05) is 0 Å². The van der Waals surface area contributed by atoms with Gasteiger partial charge >= 0.3 is 0 Å². The van der Waals surface area contributed by atoms with E-state index in [0.29, 0.717) is 0 Å². The third-order valence-corrected chi connectivity index (χ3v) is 3.95. The first-order chi connectivity index (χ1) is 8.25. The Morgan fingerprint density at radius 3 is 2.35 bits per heavy atom. The van der Waals surface area contributed by atoms with Gasteiger partial charge in [0.05, 0.1) is 0 Å². The average Bonchev–Trinajstić information content (AvgIpc) is 3.14. The Labute approximate surface area is 103 Å². The van der Waals surface area contributed by atoms with Crippen LogP contribution in [0.3, 0.4) is 0 Å². The Hall–Kier alpha value is -1.02. The maximum atomic E-state index is 6.16. The molecule has 2 nitrogen and oxygen atoms in total. The van der Waals surface area contributed by atoms with Crippen LogP contribution in [0.2, 0.25) is 0 Å². The van der Waals surface area contributed by atoms with Gasteiger partial charge in [0.15, 0.2) is 0 Å². The molecule has 1 heterocycles. The van der Waals surface area contributed by atoms with Crippen LogP contribution in [0.15, 0.2) is 24.3 Å². The molecule has 1 saturated heterocycles. The second kappa shape index (κ2) is 4.34. The summed E-state index contributed by atoms with van der Waals surface area (Å²) in [5.41, 5.74) is 1.50. The number of ether oxygens (including phenoxy) is 1. The van der Waals surface area contributed by atoms with Gasteiger partial charge in [0.2, 0.25) is 0 Å². The fourth-order valence-corrected chi connectivity index (χ4v) is 2.57. The Bertz CT molecular complexity index is 374. The molecule has 2 heteroatoms. The summed E-state index contributed by atoms with van der Waals surface area (Å²) in [5, 5.41) is 3.38. The van der Waals surface area contributed by atoms with E-state index in [1.165, 1.54) is 18.4 Å². The summed E-state index contributed by atoms with van der Waals surface area (Å²) >= 11 is 0. The molecule has 1 aromatic rings. The van der Waals surface area contributed by atoms with Crippen molar-refractivity contribution in [3.8, 4) is 5.75 Å². The first-order valence-electron chi connectivity index (χ1n) is 6.75. The molecule has 3 rings (SSSR count). The van der Waals surface area contributed by atoms with Gasteiger partial charge in [-0.1, -0.05) is 12.1 Å². The first-order valence-corrected chi connectivity index (χ1v) is 6.75. The predicted octanol–water partition coefficient (Wildman–Crippen LogP) is 3.08. The molecular formula is C15H21NO. The highest BCUT2D eigenvalue weighted by atomic mass is 16.5. The standard InChI is InChI=1S/C15H21NO/c1-15(8-10-16-11-9-15)17-14-6-4-13(5-7-14)12-2-3-12/h4-7,12,16H,2-3,8-11H2,1H3. The third kappa shape index (κ3) is 2.63. The van der Waals surface area contributed by atoms with Crippen LogP contribution in [0.25, 0.3) is 0 Å². The van der Waals surface area contributed by atoms with Crippen molar-refractivity contribution in [2.45, 2.75) is 44.1 Å². The minimum Gasteiger partial charge on any atom is -0.487 e. The van der Waals surface area contributed by atoms with Crippen LogP contribution >= 0.6 is 0 Å². The van der Waals surface area contributed by atoms with E-state index in [1.54, 1.807) is 0 Å². The molecule has 1 aromatic carbocycles. The van der Waals surface area contributed by atoms with Crippen molar-refractivity contribution < 1.29 is 4.74 Å². The van der Waals surface area contributed by atoms with Crippen LogP contribution in [0.1, 0.15) is 44.1 Å². The summed E-state index contributed by atoms with van der Waals surface area (Å²) < 4.78 is 6.16. The average molecular weight is 231 g/mol. The molecule has 92 valence electrons. The van der Waals surface area contributed by atoms with Crippen LogP contribution in [0.4, 0.5) is 0 Å². The van der Waals surface area contributed by atoms with Gasteiger partial charge in [-0.3, -0.25) is 0 Å². The fraction of sp³-hybridized carbons (Fsp3) is 0.600. The van der Waals surface area contributed by atoms with E-state index in [-0.39, 0.29) is 5.60 Å². The molecule has 1 N–H and O–H groups in total. The fourth-order valence-electron chi connectivity index (χ4n) is 2.57. The van der Waals surface area contributed by atoms with E-state index >= 15 is 0 Å². The van der Waals surface area contributed by atoms with Gasteiger partial charge in [0.1, 0.15) is 11.4 Å². The van der Waals surface area contributed by atoms with Gasteiger partial charge in [-0.15, -0.1) is 0 Å². The van der Waals surface area contributed by atoms with E-state index in [4.69, 9.17) is 4.74 Å². The van der Waals surface area contributed by atoms with Crippen LogP contribution < -0.4 is 10.1 Å². The smallest absolute Gasteiger partial charge is 0.120 e. The predicted molar refractivity (Wildman–Crippen MR) is 69.6 cm³/mol. The van der Waals surface area contributed by atoms with E-state index in [9.17, 15) is 0 Å². The van der Waals surface area contributed by atoms with Gasteiger partial charge in [0.25, 0.3) is 0 Å². The minimum atomic E-state index is 0.0202. The Morgan fingerprint density at radius 2 is 1.76 bits per heavy atom. The van der Waals surface area contributed by atoms with E-state index in [0.717, 1.165) is 37.6 Å². The van der Waals surface area contributed by atoms with Crippen molar-refractivity contribution in [1.82, 2.24) is 5.32 Å². The molecule has 1 aliphatic heterocycles. The van der Waals surface area contributed by atoms with Crippen LogP contribution in [-0.2, 0) is 0 Å². The Balaban J connectivity index is 1.67. The summed E-state index contributed by atoms with van der Waals surface area (Å²) in [7, 11) is 0. The number of hydrogen-bond donors (Lipinski definition) is 1. The highest BCUT2D eigenvalue weighted by molar-refractivity contribution is 5.31. The quantitative estimate of drug-likeness (QED) is 0.863. The normalized spacial score (nSPS) is 23.4. The minimum absolute atomic E-state index is 0.0202. The van der Waals surface area contributed by atoms with Crippen molar-refractivity contribution in [2.24, 2.45) is 0 Å². The van der Waals surface area contributed by atoms with Gasteiger partial charge in [-0.05, 0) is 69.3 Å². The van der Waals surface area contributed by atoms with E-state index in [2.05, 4.69) is 36.5 Å². The second-order valence-electron chi connectivity index (χ2n) is 5.65. The van der Waals surface area contributed by atoms with Crippen molar-refractivity contribution >= 4 is 0 Å². The molecule has 0 bridgehead atoms. The molecule has 0 atom stereocenters. The lowest BCUT2D eigenvalue weighted by Crippen LogP contribution is -2.43. The molecule has 1 saturated carbocycles. The summed E-state index contributed by atoms with van der Waals surface area (Å²) in [6.07, 6.45) is 4.92. The summed E-state index contributed by atoms with van der Waals surface area (Å²) in [6, 6.07) is 8.75. The number of piperidine rings is 1. The number of rotatable bonds is 3. The zero-order valence-corrected chi connectivity index (χ0v) is 10.5. The summed E-state index contributed by atoms with van der Waals surface area (Å²) in [5.74, 6) is 1.86. The van der Waals surface area contributed by atoms with Crippen LogP contribution in [-0.4, -0.2) is 18.7 Å². The molecule has 1 aliphatic carbocycles. The molecule has 2 aliphatic rings. The largest absolute Gasteiger partial charge is 0.487 e. The monoisotopic (exact) mass is 231 g/mol. The van der Waals surface area contributed by atoms with Crippen molar-refractivity contribution in [1.29, 1.82) is 0 Å². The number of hydrogen-bond acceptors (Lipinski definition) is 2. The van der Waals surface area contributed by atoms with Crippen LogP contribution in [0.5, 0.6) is 5.75 Å². The third-order valence-electron chi connectivity index (χ3n) is 3.95. The summed E-state index contributed by atoms with van der Waals surface area (Å²) in [6.45, 7) is 4.36. The van der Waals surface area contributed by atoms with E-state index < -0.39 is 0 Å². The highest BCUT2D eigenvalue weighted by Crippen LogP contribution is 2.40. The highest BCUT2D eigenvalue weighted by Gasteiger charge is 2.29. The lowest BCUT2D eigenvalue weighted by molar-refractivity contribution is 0.0556. The molecule has 0 amide bonds. The Morgan fingerprint density at radius 1 is 1.12 bits per heavy atom.